The van der Waals surface area contributed by atoms with Crippen molar-refractivity contribution in [3.05, 3.63) is 59.5 Å². The van der Waals surface area contributed by atoms with Crippen molar-refractivity contribution in [2.75, 3.05) is 23.7 Å². The van der Waals surface area contributed by atoms with Crippen LogP contribution in [0.2, 0.25) is 0 Å². The first-order chi connectivity index (χ1) is 16.6. The molecule has 2 fully saturated rings. The van der Waals surface area contributed by atoms with Crippen LogP contribution in [0.15, 0.2) is 42.7 Å². The summed E-state index contributed by atoms with van der Waals surface area (Å²) < 4.78 is 1.82. The van der Waals surface area contributed by atoms with Crippen LogP contribution in [0.1, 0.15) is 61.3 Å². The third-order valence-electron chi connectivity index (χ3n) is 6.59. The number of hydrogen-bond donors (Lipinski definition) is 3. The predicted molar refractivity (Wildman–Crippen MR) is 133 cm³/mol. The molecule has 2 heterocycles. The predicted octanol–water partition coefficient (Wildman–Crippen LogP) is 4.14. The van der Waals surface area contributed by atoms with Crippen LogP contribution < -0.4 is 16.0 Å². The highest BCUT2D eigenvalue weighted by molar-refractivity contribution is 5.79. The van der Waals surface area contributed by atoms with Crippen LogP contribution in [-0.2, 0) is 18.3 Å². The molecule has 2 aliphatic carbocycles. The lowest BCUT2D eigenvalue weighted by Gasteiger charge is -2.24. The fourth-order valence-electron chi connectivity index (χ4n) is 4.26. The van der Waals surface area contributed by atoms with Crippen molar-refractivity contribution in [3.63, 3.8) is 0 Å². The summed E-state index contributed by atoms with van der Waals surface area (Å²) in [5.74, 6) is 2.49. The quantitative estimate of drug-likeness (QED) is 0.373. The zero-order valence-corrected chi connectivity index (χ0v) is 19.8. The lowest BCUT2D eigenvalue weighted by Crippen LogP contribution is -2.35. The van der Waals surface area contributed by atoms with Crippen LogP contribution in [0.5, 0.6) is 0 Å². The smallest absolute Gasteiger partial charge is 0.229 e. The summed E-state index contributed by atoms with van der Waals surface area (Å²) in [6, 6.07) is 10.3. The van der Waals surface area contributed by atoms with Gasteiger partial charge in [-0.1, -0.05) is 18.6 Å². The van der Waals surface area contributed by atoms with E-state index in [1.54, 1.807) is 0 Å². The Kier molecular flexibility index (Phi) is 6.74. The number of amides is 1. The third kappa shape index (κ3) is 5.73. The van der Waals surface area contributed by atoms with E-state index in [1.165, 1.54) is 30.4 Å². The number of nitrogens with zero attached hydrogens (tertiary/aromatic N) is 4. The standard InChI is InChI=1S/C26H33N7O/c1-33-14-11-22(32-33)16-18-5-2-8-21(15-18)30-26-29-17-23(19-9-10-19)24(31-26)27-12-4-13-28-25(34)20-6-3-7-20/h2,5,8,11,14-15,17,19-20H,3-4,6-7,9-10,12-13,16H2,1H3,(H,28,34)(H2,27,29,30,31). The van der Waals surface area contributed by atoms with Crippen LogP contribution >= 0.6 is 0 Å². The number of carbonyl (C=O) groups is 1. The molecule has 2 aromatic heterocycles. The van der Waals surface area contributed by atoms with Crippen LogP contribution in [-0.4, -0.2) is 38.7 Å². The molecule has 2 aliphatic rings. The number of nitrogens with one attached hydrogen (secondary N) is 3. The van der Waals surface area contributed by atoms with Gasteiger partial charge >= 0.3 is 0 Å². The molecule has 0 aliphatic heterocycles. The summed E-state index contributed by atoms with van der Waals surface area (Å²) >= 11 is 0. The molecule has 0 spiro atoms. The maximum Gasteiger partial charge on any atom is 0.229 e. The van der Waals surface area contributed by atoms with Gasteiger partial charge in [-0.3, -0.25) is 9.48 Å². The van der Waals surface area contributed by atoms with Crippen molar-refractivity contribution < 1.29 is 4.79 Å². The molecule has 3 N–H and O–H groups in total. The van der Waals surface area contributed by atoms with Crippen LogP contribution in [0, 0.1) is 5.92 Å². The van der Waals surface area contributed by atoms with Crippen LogP contribution in [0.4, 0.5) is 17.5 Å². The van der Waals surface area contributed by atoms with Crippen LogP contribution in [0.3, 0.4) is 0 Å². The van der Waals surface area contributed by atoms with Gasteiger partial charge in [0.1, 0.15) is 5.82 Å². The second-order valence-electron chi connectivity index (χ2n) is 9.45. The lowest BCUT2D eigenvalue weighted by atomic mass is 9.85. The normalized spacial score (nSPS) is 15.6. The van der Waals surface area contributed by atoms with Gasteiger partial charge in [0.25, 0.3) is 0 Å². The first-order valence-corrected chi connectivity index (χ1v) is 12.4. The van der Waals surface area contributed by atoms with Crippen LogP contribution in [0.25, 0.3) is 0 Å². The van der Waals surface area contributed by atoms with E-state index in [0.717, 1.165) is 49.4 Å². The summed E-state index contributed by atoms with van der Waals surface area (Å²) in [5.41, 5.74) is 4.37. The second-order valence-corrected chi connectivity index (χ2v) is 9.45. The highest BCUT2D eigenvalue weighted by Crippen LogP contribution is 2.42. The molecule has 2 saturated carbocycles. The Morgan fingerprint density at radius 3 is 2.76 bits per heavy atom. The minimum Gasteiger partial charge on any atom is -0.370 e. The van der Waals surface area contributed by atoms with Gasteiger partial charge in [0.2, 0.25) is 11.9 Å². The largest absolute Gasteiger partial charge is 0.370 e. The Balaban J connectivity index is 1.18. The summed E-state index contributed by atoms with van der Waals surface area (Å²) in [6.07, 6.45) is 11.2. The number of aromatic nitrogens is 4. The molecule has 5 rings (SSSR count). The molecule has 34 heavy (non-hydrogen) atoms. The Morgan fingerprint density at radius 1 is 1.15 bits per heavy atom. The molecule has 3 aromatic rings. The fraction of sp³-hybridized carbons (Fsp3) is 0.462. The van der Waals surface area contributed by atoms with Gasteiger partial charge in [-0.05, 0) is 61.8 Å². The van der Waals surface area contributed by atoms with Gasteiger partial charge in [-0.2, -0.15) is 10.1 Å². The molecular weight excluding hydrogens is 426 g/mol. The average Bonchev–Trinajstić information content (AvgIpc) is 3.54. The first kappa shape index (κ1) is 22.4. The minimum atomic E-state index is 0.212. The van der Waals surface area contributed by atoms with E-state index in [9.17, 15) is 4.79 Å². The van der Waals surface area contributed by atoms with E-state index in [2.05, 4.69) is 38.2 Å². The van der Waals surface area contributed by atoms with E-state index in [-0.39, 0.29) is 11.8 Å². The molecule has 0 atom stereocenters. The fourth-order valence-corrected chi connectivity index (χ4v) is 4.26. The lowest BCUT2D eigenvalue weighted by molar-refractivity contribution is -0.127. The molecule has 0 bridgehead atoms. The maximum atomic E-state index is 12.0. The summed E-state index contributed by atoms with van der Waals surface area (Å²) in [6.45, 7) is 1.46. The van der Waals surface area contributed by atoms with Crippen molar-refractivity contribution in [1.82, 2.24) is 25.1 Å². The first-order valence-electron chi connectivity index (χ1n) is 12.4. The van der Waals surface area contributed by atoms with Crippen molar-refractivity contribution in [3.8, 4) is 0 Å². The Morgan fingerprint density at radius 2 is 2.03 bits per heavy atom. The number of anilines is 3. The van der Waals surface area contributed by atoms with Crippen molar-refractivity contribution in [1.29, 1.82) is 0 Å². The van der Waals surface area contributed by atoms with Crippen molar-refractivity contribution in [2.45, 2.75) is 50.9 Å². The van der Waals surface area contributed by atoms with E-state index >= 15 is 0 Å². The third-order valence-corrected chi connectivity index (χ3v) is 6.59. The number of aryl methyl sites for hydroxylation is 1. The Labute approximate surface area is 200 Å². The molecular formula is C26H33N7O. The van der Waals surface area contributed by atoms with Gasteiger partial charge in [-0.15, -0.1) is 0 Å². The van der Waals surface area contributed by atoms with Crippen molar-refractivity contribution >= 4 is 23.4 Å². The Hall–Kier alpha value is -3.42. The van der Waals surface area contributed by atoms with E-state index in [0.29, 0.717) is 18.4 Å². The van der Waals surface area contributed by atoms with Gasteiger partial charge < -0.3 is 16.0 Å². The average molecular weight is 460 g/mol. The van der Waals surface area contributed by atoms with E-state index < -0.39 is 0 Å². The molecule has 1 amide bonds. The Bertz CT molecular complexity index is 1130. The zero-order chi connectivity index (χ0) is 23.3. The summed E-state index contributed by atoms with van der Waals surface area (Å²) in [4.78, 5) is 21.4. The molecule has 8 nitrogen and oxygen atoms in total. The zero-order valence-electron chi connectivity index (χ0n) is 19.8. The van der Waals surface area contributed by atoms with Gasteiger partial charge in [0.05, 0.1) is 5.69 Å². The van der Waals surface area contributed by atoms with Crippen molar-refractivity contribution in [2.24, 2.45) is 13.0 Å². The molecule has 0 unspecified atom stereocenters. The van der Waals surface area contributed by atoms with Gasteiger partial charge in [0.15, 0.2) is 0 Å². The number of hydrogen-bond acceptors (Lipinski definition) is 6. The SMILES string of the molecule is Cn1ccc(Cc2cccc(Nc3ncc(C4CC4)c(NCCCNC(=O)C4CCC4)n3)c2)n1. The van der Waals surface area contributed by atoms with Gasteiger partial charge in [-0.25, -0.2) is 4.98 Å². The van der Waals surface area contributed by atoms with E-state index in [1.807, 2.05) is 42.3 Å². The molecule has 8 heteroatoms. The summed E-state index contributed by atoms with van der Waals surface area (Å²) in [7, 11) is 1.93. The second kappa shape index (κ2) is 10.2. The molecule has 1 aromatic carbocycles. The highest BCUT2D eigenvalue weighted by Gasteiger charge is 2.28. The molecule has 0 radical (unpaired) electrons. The number of benzene rings is 1. The minimum absolute atomic E-state index is 0.212. The monoisotopic (exact) mass is 459 g/mol. The topological polar surface area (TPSA) is 96.8 Å². The molecule has 0 saturated heterocycles. The molecule has 178 valence electrons. The number of rotatable bonds is 11. The highest BCUT2D eigenvalue weighted by atomic mass is 16.1. The summed E-state index contributed by atoms with van der Waals surface area (Å²) in [5, 5.41) is 14.4. The number of carbonyl (C=O) groups excluding carboxylic acids is 1. The maximum absolute atomic E-state index is 12.0. The van der Waals surface area contributed by atoms with E-state index in [4.69, 9.17) is 4.98 Å². The van der Waals surface area contributed by atoms with Gasteiger partial charge in [0, 0.05) is 56.1 Å².